The molecule has 1 aromatic heterocycles. The molecule has 98 valence electrons. The maximum absolute atomic E-state index is 12.4. The monoisotopic (exact) mass is 264 g/mol. The fourth-order valence-electron chi connectivity index (χ4n) is 1.86. The van der Waals surface area contributed by atoms with Crippen molar-refractivity contribution in [3.8, 4) is 0 Å². The maximum atomic E-state index is 12.4. The van der Waals surface area contributed by atoms with Crippen molar-refractivity contribution in [1.29, 1.82) is 0 Å². The van der Waals surface area contributed by atoms with Crippen molar-refractivity contribution in [3.05, 3.63) is 34.1 Å². The number of rotatable bonds is 2. The van der Waals surface area contributed by atoms with Gasteiger partial charge >= 0.3 is 0 Å². The second kappa shape index (κ2) is 4.50. The first-order chi connectivity index (χ1) is 8.30. The number of thioether (sulfide) groups is 1. The Morgan fingerprint density at radius 2 is 2.00 bits per heavy atom. The molecular formula is C14H20N2OS. The number of carbonyl (C=O) groups is 1. The van der Waals surface area contributed by atoms with Gasteiger partial charge in [-0.25, -0.2) is 0 Å². The standard InChI is InChI=1S/C14H20N2OS/c1-8-9(2)15-6-10(8)12(17)13-16-11(7-18-13)14(3,4)5/h6-7,13,15-16H,1-5H3. The number of hydrogen-bond donors (Lipinski definition) is 2. The van der Waals surface area contributed by atoms with E-state index in [0.29, 0.717) is 0 Å². The lowest BCUT2D eigenvalue weighted by atomic mass is 9.93. The van der Waals surface area contributed by atoms with Crippen LogP contribution in [0.5, 0.6) is 0 Å². The first-order valence-corrected chi connectivity index (χ1v) is 7.06. The van der Waals surface area contributed by atoms with Crippen molar-refractivity contribution in [2.45, 2.75) is 40.0 Å². The van der Waals surface area contributed by atoms with Crippen molar-refractivity contribution in [1.82, 2.24) is 10.3 Å². The average Bonchev–Trinajstić information content (AvgIpc) is 2.86. The Kier molecular flexibility index (Phi) is 3.32. The molecule has 0 amide bonds. The van der Waals surface area contributed by atoms with Crippen molar-refractivity contribution in [2.24, 2.45) is 5.41 Å². The van der Waals surface area contributed by atoms with Gasteiger partial charge in [0.15, 0.2) is 5.78 Å². The molecule has 2 rings (SSSR count). The maximum Gasteiger partial charge on any atom is 0.197 e. The zero-order valence-electron chi connectivity index (χ0n) is 11.5. The first kappa shape index (κ1) is 13.3. The SMILES string of the molecule is Cc1[nH]cc(C(=O)C2NC(C(C)(C)C)=CS2)c1C. The van der Waals surface area contributed by atoms with Gasteiger partial charge in [0, 0.05) is 28.6 Å². The number of aryl methyl sites for hydroxylation is 1. The number of carbonyl (C=O) groups excluding carboxylic acids is 1. The van der Waals surface area contributed by atoms with Crippen LogP contribution in [0.2, 0.25) is 0 Å². The van der Waals surface area contributed by atoms with Crippen molar-refractivity contribution in [3.63, 3.8) is 0 Å². The molecule has 0 saturated carbocycles. The largest absolute Gasteiger partial charge is 0.369 e. The summed E-state index contributed by atoms with van der Waals surface area (Å²) < 4.78 is 0. The smallest absolute Gasteiger partial charge is 0.197 e. The number of hydrogen-bond acceptors (Lipinski definition) is 3. The molecule has 0 spiro atoms. The highest BCUT2D eigenvalue weighted by Crippen LogP contribution is 2.34. The molecule has 0 bridgehead atoms. The Morgan fingerprint density at radius 3 is 2.44 bits per heavy atom. The summed E-state index contributed by atoms with van der Waals surface area (Å²) in [6.07, 6.45) is 1.81. The molecule has 0 aliphatic carbocycles. The molecule has 0 fully saturated rings. The Morgan fingerprint density at radius 1 is 1.33 bits per heavy atom. The highest BCUT2D eigenvalue weighted by molar-refractivity contribution is 8.03. The number of ketones is 1. The second-order valence-corrected chi connectivity index (χ2v) is 6.74. The van der Waals surface area contributed by atoms with Crippen LogP contribution in [0.1, 0.15) is 42.4 Å². The van der Waals surface area contributed by atoms with Crippen LogP contribution >= 0.6 is 11.8 Å². The van der Waals surface area contributed by atoms with Crippen LogP contribution in [0, 0.1) is 19.3 Å². The van der Waals surface area contributed by atoms with E-state index >= 15 is 0 Å². The molecule has 4 heteroatoms. The number of Topliss-reactive ketones (excluding diaryl/α,β-unsaturated/α-hetero) is 1. The third-order valence-corrected chi connectivity index (χ3v) is 4.30. The van der Waals surface area contributed by atoms with Crippen molar-refractivity contribution < 1.29 is 4.79 Å². The normalized spacial score (nSPS) is 19.6. The molecule has 0 radical (unpaired) electrons. The average molecular weight is 264 g/mol. The first-order valence-electron chi connectivity index (χ1n) is 6.12. The van der Waals surface area contributed by atoms with Crippen LogP contribution in [0.25, 0.3) is 0 Å². The summed E-state index contributed by atoms with van der Waals surface area (Å²) in [7, 11) is 0. The summed E-state index contributed by atoms with van der Waals surface area (Å²) in [6, 6.07) is 0. The minimum Gasteiger partial charge on any atom is -0.369 e. The molecule has 0 saturated heterocycles. The minimum atomic E-state index is -0.187. The van der Waals surface area contributed by atoms with Crippen LogP contribution in [0.15, 0.2) is 17.3 Å². The third-order valence-electron chi connectivity index (χ3n) is 3.32. The lowest BCUT2D eigenvalue weighted by Crippen LogP contribution is -2.33. The van der Waals surface area contributed by atoms with E-state index in [4.69, 9.17) is 0 Å². The number of aromatic amines is 1. The van der Waals surface area contributed by atoms with Gasteiger partial charge in [-0.2, -0.15) is 0 Å². The molecule has 18 heavy (non-hydrogen) atoms. The van der Waals surface area contributed by atoms with Gasteiger partial charge in [0.2, 0.25) is 0 Å². The molecule has 1 atom stereocenters. The summed E-state index contributed by atoms with van der Waals surface area (Å²) in [6.45, 7) is 10.4. The minimum absolute atomic E-state index is 0.0607. The van der Waals surface area contributed by atoms with Gasteiger partial charge in [0.25, 0.3) is 0 Å². The predicted octanol–water partition coefficient (Wildman–Crippen LogP) is 3.36. The second-order valence-electron chi connectivity index (χ2n) is 5.76. The quantitative estimate of drug-likeness (QED) is 0.805. The van der Waals surface area contributed by atoms with E-state index in [1.807, 2.05) is 20.0 Å². The third kappa shape index (κ3) is 2.34. The lowest BCUT2D eigenvalue weighted by molar-refractivity contribution is 0.0981. The van der Waals surface area contributed by atoms with Crippen LogP contribution < -0.4 is 5.32 Å². The molecule has 1 aromatic rings. The topological polar surface area (TPSA) is 44.9 Å². The fourth-order valence-corrected chi connectivity index (χ4v) is 3.00. The van der Waals surface area contributed by atoms with E-state index in [0.717, 1.165) is 22.5 Å². The van der Waals surface area contributed by atoms with Crippen LogP contribution in [0.3, 0.4) is 0 Å². The number of aromatic nitrogens is 1. The van der Waals surface area contributed by atoms with Gasteiger partial charge in [-0.3, -0.25) is 4.79 Å². The van der Waals surface area contributed by atoms with E-state index < -0.39 is 0 Å². The summed E-state index contributed by atoms with van der Waals surface area (Å²) in [4.78, 5) is 15.5. The van der Waals surface area contributed by atoms with Crippen molar-refractivity contribution >= 4 is 17.5 Å². The van der Waals surface area contributed by atoms with Gasteiger partial charge in [-0.15, -0.1) is 0 Å². The Balaban J connectivity index is 2.13. The van der Waals surface area contributed by atoms with E-state index in [1.54, 1.807) is 11.8 Å². The van der Waals surface area contributed by atoms with Gasteiger partial charge in [0.1, 0.15) is 5.37 Å². The lowest BCUT2D eigenvalue weighted by Gasteiger charge is -2.22. The molecule has 0 aromatic carbocycles. The number of H-pyrrole nitrogens is 1. The Labute approximate surface area is 112 Å². The molecular weight excluding hydrogens is 244 g/mol. The highest BCUT2D eigenvalue weighted by Gasteiger charge is 2.31. The predicted molar refractivity (Wildman–Crippen MR) is 76.6 cm³/mol. The van der Waals surface area contributed by atoms with Crippen LogP contribution in [0.4, 0.5) is 0 Å². The van der Waals surface area contributed by atoms with Crippen LogP contribution in [-0.4, -0.2) is 16.1 Å². The zero-order valence-corrected chi connectivity index (χ0v) is 12.4. The van der Waals surface area contributed by atoms with E-state index in [9.17, 15) is 4.79 Å². The van der Waals surface area contributed by atoms with Crippen molar-refractivity contribution in [2.75, 3.05) is 0 Å². The fraction of sp³-hybridized carbons (Fsp3) is 0.500. The van der Waals surface area contributed by atoms with Gasteiger partial charge in [-0.1, -0.05) is 32.5 Å². The summed E-state index contributed by atoms with van der Waals surface area (Å²) in [5.41, 5.74) is 4.10. The molecule has 3 nitrogen and oxygen atoms in total. The van der Waals surface area contributed by atoms with E-state index in [1.165, 1.54) is 0 Å². The van der Waals surface area contributed by atoms with Gasteiger partial charge in [-0.05, 0) is 24.8 Å². The highest BCUT2D eigenvalue weighted by atomic mass is 32.2. The summed E-state index contributed by atoms with van der Waals surface area (Å²) in [5, 5.41) is 5.21. The van der Waals surface area contributed by atoms with E-state index in [-0.39, 0.29) is 16.6 Å². The zero-order chi connectivity index (χ0) is 13.5. The molecule has 2 N–H and O–H groups in total. The molecule has 1 aliphatic heterocycles. The van der Waals surface area contributed by atoms with Gasteiger partial charge < -0.3 is 10.3 Å². The number of nitrogens with one attached hydrogen (secondary N) is 2. The number of allylic oxidation sites excluding steroid dienone is 1. The summed E-state index contributed by atoms with van der Waals surface area (Å²) >= 11 is 1.56. The van der Waals surface area contributed by atoms with Crippen LogP contribution in [-0.2, 0) is 0 Å². The van der Waals surface area contributed by atoms with Gasteiger partial charge in [0.05, 0.1) is 0 Å². The molecule has 1 aliphatic rings. The molecule has 2 heterocycles. The summed E-state index contributed by atoms with van der Waals surface area (Å²) in [5.74, 6) is 0.150. The van der Waals surface area contributed by atoms with E-state index in [2.05, 4.69) is 36.5 Å². The Hall–Kier alpha value is -1.16. The molecule has 1 unspecified atom stereocenters. The Bertz CT molecular complexity index is 508.